The molecule has 0 fully saturated rings. The smallest absolute Gasteiger partial charge is 0.211 e. The van der Waals surface area contributed by atoms with Gasteiger partial charge in [-0.25, -0.2) is 0 Å². The van der Waals surface area contributed by atoms with Gasteiger partial charge in [0.2, 0.25) is 5.16 Å². The second-order valence-electron chi connectivity index (χ2n) is 5.22. The molecule has 0 N–H and O–H groups in total. The molecule has 1 aromatic heterocycles. The molecule has 0 radical (unpaired) electrons. The first kappa shape index (κ1) is 18.6. The highest BCUT2D eigenvalue weighted by Gasteiger charge is 2.14. The average molecular weight is 369 g/mol. The summed E-state index contributed by atoms with van der Waals surface area (Å²) in [6, 6.07) is 3.65. The summed E-state index contributed by atoms with van der Waals surface area (Å²) < 4.78 is 13.1. The largest absolute Gasteiger partial charge is 0.490 e. The minimum Gasteiger partial charge on any atom is -0.490 e. The zero-order valence-electron chi connectivity index (χ0n) is 14.4. The Kier molecular flexibility index (Phi) is 6.51. The van der Waals surface area contributed by atoms with Gasteiger partial charge in [-0.1, -0.05) is 23.4 Å². The van der Waals surface area contributed by atoms with Gasteiger partial charge in [0.05, 0.1) is 23.9 Å². The lowest BCUT2D eigenvalue weighted by Gasteiger charge is -2.16. The van der Waals surface area contributed by atoms with E-state index in [0.717, 1.165) is 10.7 Å². The Morgan fingerprint density at radius 3 is 2.75 bits per heavy atom. The first-order valence-electron chi connectivity index (χ1n) is 7.59. The summed E-state index contributed by atoms with van der Waals surface area (Å²) in [6.07, 6.45) is 3.63. The Labute approximate surface area is 151 Å². The van der Waals surface area contributed by atoms with Crippen LogP contribution in [0.25, 0.3) is 0 Å². The predicted octanol–water partition coefficient (Wildman–Crippen LogP) is 4.03. The van der Waals surface area contributed by atoms with Gasteiger partial charge in [0.15, 0.2) is 17.3 Å². The van der Waals surface area contributed by atoms with Crippen LogP contribution in [0.4, 0.5) is 0 Å². The second-order valence-corrected chi connectivity index (χ2v) is 6.40. The van der Waals surface area contributed by atoms with Gasteiger partial charge in [0.25, 0.3) is 0 Å². The minimum absolute atomic E-state index is 0.00466. The molecule has 0 aliphatic rings. The van der Waals surface area contributed by atoms with Crippen LogP contribution in [0.5, 0.6) is 11.5 Å². The Morgan fingerprint density at radius 1 is 1.38 bits per heavy atom. The van der Waals surface area contributed by atoms with E-state index in [4.69, 9.17) is 21.1 Å². The number of benzene rings is 1. The molecular formula is C16H21ClN4O2S. The molecule has 2 rings (SSSR count). The molecule has 24 heavy (non-hydrogen) atoms. The normalized spacial score (nSPS) is 11.5. The Bertz CT molecular complexity index is 731. The van der Waals surface area contributed by atoms with Crippen molar-refractivity contribution in [2.45, 2.75) is 39.0 Å². The maximum Gasteiger partial charge on any atom is 0.211 e. The third kappa shape index (κ3) is 4.42. The van der Waals surface area contributed by atoms with Gasteiger partial charge in [0, 0.05) is 0 Å². The van der Waals surface area contributed by atoms with E-state index in [-0.39, 0.29) is 6.10 Å². The summed E-state index contributed by atoms with van der Waals surface area (Å²) in [4.78, 5) is 0. The molecule has 1 aromatic carbocycles. The lowest BCUT2D eigenvalue weighted by molar-refractivity contribution is 0.224. The van der Waals surface area contributed by atoms with E-state index in [0.29, 0.717) is 29.0 Å². The second kappa shape index (κ2) is 8.39. The van der Waals surface area contributed by atoms with Crippen LogP contribution in [0.1, 0.15) is 32.2 Å². The number of hydrogen-bond acceptors (Lipinski definition) is 6. The Morgan fingerprint density at radius 2 is 2.12 bits per heavy atom. The molecule has 0 amide bonds. The van der Waals surface area contributed by atoms with Gasteiger partial charge >= 0.3 is 0 Å². The van der Waals surface area contributed by atoms with E-state index in [1.807, 2.05) is 40.0 Å². The lowest BCUT2D eigenvalue weighted by Crippen LogP contribution is -2.08. The van der Waals surface area contributed by atoms with Crippen LogP contribution in [0.2, 0.25) is 5.02 Å². The van der Waals surface area contributed by atoms with E-state index in [2.05, 4.69) is 15.3 Å². The molecule has 0 bridgehead atoms. The van der Waals surface area contributed by atoms with Crippen molar-refractivity contribution in [3.05, 3.63) is 28.5 Å². The van der Waals surface area contributed by atoms with E-state index in [9.17, 15) is 0 Å². The summed E-state index contributed by atoms with van der Waals surface area (Å²) >= 11 is 7.84. The zero-order valence-corrected chi connectivity index (χ0v) is 16.0. The predicted molar refractivity (Wildman–Crippen MR) is 97.9 cm³/mol. The number of rotatable bonds is 7. The van der Waals surface area contributed by atoms with Gasteiger partial charge in [0.1, 0.15) is 0 Å². The quantitative estimate of drug-likeness (QED) is 0.545. The van der Waals surface area contributed by atoms with Crippen LogP contribution in [0.15, 0.2) is 22.4 Å². The fourth-order valence-corrected chi connectivity index (χ4v) is 2.74. The molecule has 1 heterocycles. The number of aryl methyl sites for hydroxylation is 1. The summed E-state index contributed by atoms with van der Waals surface area (Å²) in [5.41, 5.74) is 0.805. The molecule has 2 aromatic rings. The molecular weight excluding hydrogens is 348 g/mol. The van der Waals surface area contributed by atoms with Gasteiger partial charge in [-0.3, -0.25) is 0 Å². The highest BCUT2D eigenvalue weighted by Crippen LogP contribution is 2.37. The van der Waals surface area contributed by atoms with Crippen molar-refractivity contribution in [1.29, 1.82) is 0 Å². The monoisotopic (exact) mass is 368 g/mol. The van der Waals surface area contributed by atoms with Crippen LogP contribution in [0.3, 0.4) is 0 Å². The van der Waals surface area contributed by atoms with Gasteiger partial charge in [-0.2, -0.15) is 9.78 Å². The number of nitrogens with zero attached hydrogens (tertiary/aromatic N) is 4. The van der Waals surface area contributed by atoms with Crippen molar-refractivity contribution in [1.82, 2.24) is 14.9 Å². The topological polar surface area (TPSA) is 61.5 Å². The molecule has 0 unspecified atom stereocenters. The number of aromatic nitrogens is 3. The SMILES string of the molecule is CCOc1cc(/C=N\n2c(C)nnc2SC)cc(Cl)c1OC(C)C. The molecule has 130 valence electrons. The maximum atomic E-state index is 6.36. The van der Waals surface area contributed by atoms with Gasteiger partial charge in [-0.15, -0.1) is 10.2 Å². The van der Waals surface area contributed by atoms with Crippen LogP contribution >= 0.6 is 23.4 Å². The number of hydrogen-bond donors (Lipinski definition) is 0. The van der Waals surface area contributed by atoms with E-state index >= 15 is 0 Å². The molecule has 0 atom stereocenters. The minimum atomic E-state index is 0.00466. The maximum absolute atomic E-state index is 6.36. The third-order valence-corrected chi connectivity index (χ3v) is 3.86. The van der Waals surface area contributed by atoms with E-state index < -0.39 is 0 Å². The summed E-state index contributed by atoms with van der Waals surface area (Å²) in [6.45, 7) is 8.17. The highest BCUT2D eigenvalue weighted by atomic mass is 35.5. The first-order valence-corrected chi connectivity index (χ1v) is 9.19. The van der Waals surface area contributed by atoms with Crippen LogP contribution in [-0.2, 0) is 0 Å². The van der Waals surface area contributed by atoms with Crippen molar-refractivity contribution in [2.24, 2.45) is 5.10 Å². The molecule has 6 nitrogen and oxygen atoms in total. The molecule has 0 aliphatic carbocycles. The summed E-state index contributed by atoms with van der Waals surface area (Å²) in [7, 11) is 0. The molecule has 8 heteroatoms. The third-order valence-electron chi connectivity index (χ3n) is 2.96. The van der Waals surface area contributed by atoms with Crippen molar-refractivity contribution in [3.63, 3.8) is 0 Å². The summed E-state index contributed by atoms with van der Waals surface area (Å²) in [5, 5.41) is 13.7. The van der Waals surface area contributed by atoms with Gasteiger partial charge < -0.3 is 9.47 Å². The molecule has 0 saturated heterocycles. The zero-order chi connectivity index (χ0) is 17.7. The average Bonchev–Trinajstić information content (AvgIpc) is 2.88. The van der Waals surface area contributed by atoms with Crippen LogP contribution in [0, 0.1) is 6.92 Å². The van der Waals surface area contributed by atoms with Crippen LogP contribution in [-0.4, -0.2) is 40.1 Å². The van der Waals surface area contributed by atoms with E-state index in [1.54, 1.807) is 17.0 Å². The highest BCUT2D eigenvalue weighted by molar-refractivity contribution is 7.98. The first-order chi connectivity index (χ1) is 11.5. The Balaban J connectivity index is 2.37. The molecule has 0 spiro atoms. The summed E-state index contributed by atoms with van der Waals surface area (Å²) in [5.74, 6) is 1.87. The fraction of sp³-hybridized carbons (Fsp3) is 0.438. The lowest BCUT2D eigenvalue weighted by atomic mass is 10.2. The number of halogens is 1. The fourth-order valence-electron chi connectivity index (χ4n) is 2.00. The van der Waals surface area contributed by atoms with Crippen molar-refractivity contribution in [3.8, 4) is 11.5 Å². The van der Waals surface area contributed by atoms with Crippen molar-refractivity contribution >= 4 is 29.6 Å². The Hall–Kier alpha value is -1.73. The van der Waals surface area contributed by atoms with Crippen molar-refractivity contribution in [2.75, 3.05) is 12.9 Å². The standard InChI is InChI=1S/C16H21ClN4O2S/c1-6-22-14-8-12(7-13(17)15(14)23-10(2)3)9-18-21-11(4)19-20-16(21)24-5/h7-10H,6H2,1-5H3/b18-9-. The molecule has 0 aliphatic heterocycles. The van der Waals surface area contributed by atoms with Crippen LogP contribution < -0.4 is 9.47 Å². The molecule has 0 saturated carbocycles. The van der Waals surface area contributed by atoms with Gasteiger partial charge in [-0.05, 0) is 51.6 Å². The number of ether oxygens (including phenoxy) is 2. The van der Waals surface area contributed by atoms with Crippen molar-refractivity contribution < 1.29 is 9.47 Å². The van der Waals surface area contributed by atoms with E-state index in [1.165, 1.54) is 11.8 Å². The number of thioether (sulfide) groups is 1.